The summed E-state index contributed by atoms with van der Waals surface area (Å²) in [6, 6.07) is 0. The minimum Gasteiger partial charge on any atom is -0.373 e. The second-order valence-corrected chi connectivity index (χ2v) is 6.25. The molecule has 0 aliphatic carbocycles. The van der Waals surface area contributed by atoms with Gasteiger partial charge < -0.3 is 14.5 Å². The molecule has 3 aliphatic rings. The zero-order chi connectivity index (χ0) is 13.6. The molecule has 1 amide bonds. The largest absolute Gasteiger partial charge is 0.373 e. The summed E-state index contributed by atoms with van der Waals surface area (Å²) in [5.74, 6) is -0.547. The van der Waals surface area contributed by atoms with Gasteiger partial charge in [-0.1, -0.05) is 0 Å². The van der Waals surface area contributed by atoms with Gasteiger partial charge in [0, 0.05) is 26.2 Å². The molecule has 3 saturated heterocycles. The third kappa shape index (κ3) is 2.30. The topological polar surface area (TPSA) is 49.9 Å². The van der Waals surface area contributed by atoms with Crippen LogP contribution in [-0.2, 0) is 14.3 Å². The van der Waals surface area contributed by atoms with Gasteiger partial charge in [-0.3, -0.25) is 9.59 Å². The van der Waals surface area contributed by atoms with E-state index in [1.165, 1.54) is 0 Å². The van der Waals surface area contributed by atoms with E-state index < -0.39 is 0 Å². The highest BCUT2D eigenvalue weighted by Crippen LogP contribution is 2.45. The van der Waals surface area contributed by atoms with Crippen molar-refractivity contribution in [1.82, 2.24) is 9.80 Å². The Bertz CT molecular complexity index is 395. The van der Waals surface area contributed by atoms with Crippen LogP contribution < -0.4 is 0 Å². The van der Waals surface area contributed by atoms with Crippen molar-refractivity contribution >= 4 is 23.7 Å². The second kappa shape index (κ2) is 5.07. The highest BCUT2D eigenvalue weighted by Gasteiger charge is 2.55. The molecule has 5 nitrogen and oxygen atoms in total. The molecule has 0 aromatic carbocycles. The van der Waals surface area contributed by atoms with E-state index >= 15 is 0 Å². The van der Waals surface area contributed by atoms with Gasteiger partial charge in [-0.15, -0.1) is 12.6 Å². The molecule has 6 heteroatoms. The predicted octanol–water partition coefficient (Wildman–Crippen LogP) is 0.0104. The molecule has 0 radical (unpaired) electrons. The van der Waals surface area contributed by atoms with Crippen molar-refractivity contribution < 1.29 is 14.3 Å². The van der Waals surface area contributed by atoms with Crippen molar-refractivity contribution in [2.45, 2.75) is 25.0 Å². The molecular formula is C13H20N2O3S. The standard InChI is InChI=1S/C13H20N2O3S/c1-14-4-6-15(7-5-14)12(16)10-8-2-3-9(18-8)11(10)13(17)19/h8-11H,2-7H2,1H3,(H,17,19). The minimum absolute atomic E-state index is 0.0711. The minimum atomic E-state index is -0.339. The molecule has 0 aromatic heterocycles. The number of amides is 1. The number of carbonyl (C=O) groups is 2. The molecule has 2 bridgehead atoms. The molecule has 3 heterocycles. The second-order valence-electron chi connectivity index (χ2n) is 5.81. The van der Waals surface area contributed by atoms with Gasteiger partial charge in [0.25, 0.3) is 0 Å². The Kier molecular flexibility index (Phi) is 3.57. The van der Waals surface area contributed by atoms with Crippen molar-refractivity contribution in [3.8, 4) is 0 Å². The summed E-state index contributed by atoms with van der Waals surface area (Å²) in [5.41, 5.74) is 0. The summed E-state index contributed by atoms with van der Waals surface area (Å²) in [6.07, 6.45) is 1.62. The SMILES string of the molecule is CN1CCN(C(=O)C2C3CCC(O3)C2C(=O)S)CC1. The lowest BCUT2D eigenvalue weighted by Crippen LogP contribution is -2.52. The molecule has 0 N–H and O–H groups in total. The number of carbonyl (C=O) groups excluding carboxylic acids is 2. The Morgan fingerprint density at radius 1 is 1.05 bits per heavy atom. The molecule has 3 fully saturated rings. The Balaban J connectivity index is 1.73. The van der Waals surface area contributed by atoms with E-state index in [2.05, 4.69) is 24.6 Å². The van der Waals surface area contributed by atoms with Crippen LogP contribution >= 0.6 is 12.6 Å². The Hall–Kier alpha value is -0.590. The number of thiol groups is 1. The van der Waals surface area contributed by atoms with Crippen LogP contribution in [0, 0.1) is 11.8 Å². The zero-order valence-electron chi connectivity index (χ0n) is 11.1. The van der Waals surface area contributed by atoms with E-state index in [0.717, 1.165) is 39.0 Å². The summed E-state index contributed by atoms with van der Waals surface area (Å²) in [7, 11) is 2.06. The molecule has 0 spiro atoms. The summed E-state index contributed by atoms with van der Waals surface area (Å²) in [4.78, 5) is 28.4. The number of ether oxygens (including phenoxy) is 1. The van der Waals surface area contributed by atoms with E-state index in [9.17, 15) is 9.59 Å². The third-order valence-electron chi connectivity index (χ3n) is 4.66. The van der Waals surface area contributed by atoms with Gasteiger partial charge in [-0.2, -0.15) is 0 Å². The van der Waals surface area contributed by atoms with Crippen molar-refractivity contribution in [2.75, 3.05) is 33.2 Å². The van der Waals surface area contributed by atoms with E-state index in [0.29, 0.717) is 0 Å². The van der Waals surface area contributed by atoms with Crippen molar-refractivity contribution in [2.24, 2.45) is 11.8 Å². The zero-order valence-corrected chi connectivity index (χ0v) is 12.0. The molecule has 19 heavy (non-hydrogen) atoms. The van der Waals surface area contributed by atoms with Gasteiger partial charge in [0.2, 0.25) is 5.91 Å². The van der Waals surface area contributed by atoms with E-state index in [4.69, 9.17) is 4.74 Å². The number of hydrogen-bond acceptors (Lipinski definition) is 4. The molecule has 0 aromatic rings. The first kappa shape index (κ1) is 13.4. The average molecular weight is 284 g/mol. The normalized spacial score (nSPS) is 38.7. The van der Waals surface area contributed by atoms with Gasteiger partial charge in [0.05, 0.1) is 24.0 Å². The summed E-state index contributed by atoms with van der Waals surface area (Å²) >= 11 is 3.96. The van der Waals surface area contributed by atoms with Crippen LogP contribution in [0.2, 0.25) is 0 Å². The monoisotopic (exact) mass is 284 g/mol. The van der Waals surface area contributed by atoms with Crippen molar-refractivity contribution in [3.05, 3.63) is 0 Å². The summed E-state index contributed by atoms with van der Waals surface area (Å²) < 4.78 is 5.76. The Morgan fingerprint density at radius 3 is 2.21 bits per heavy atom. The molecule has 4 atom stereocenters. The summed E-state index contributed by atoms with van der Waals surface area (Å²) in [6.45, 7) is 3.28. The smallest absolute Gasteiger partial charge is 0.229 e. The number of hydrogen-bond donors (Lipinski definition) is 1. The highest BCUT2D eigenvalue weighted by molar-refractivity contribution is 7.96. The van der Waals surface area contributed by atoms with Crippen LogP contribution in [0.15, 0.2) is 0 Å². The van der Waals surface area contributed by atoms with Crippen LogP contribution in [0.4, 0.5) is 0 Å². The van der Waals surface area contributed by atoms with E-state index in [1.807, 2.05) is 4.90 Å². The van der Waals surface area contributed by atoms with Gasteiger partial charge >= 0.3 is 0 Å². The first-order chi connectivity index (χ1) is 9.08. The van der Waals surface area contributed by atoms with Gasteiger partial charge in [-0.25, -0.2) is 0 Å². The van der Waals surface area contributed by atoms with E-state index in [1.54, 1.807) is 0 Å². The molecular weight excluding hydrogens is 264 g/mol. The summed E-state index contributed by atoms with van der Waals surface area (Å²) in [5, 5.41) is -0.195. The maximum atomic E-state index is 12.7. The van der Waals surface area contributed by atoms with Crippen LogP contribution in [0.1, 0.15) is 12.8 Å². The van der Waals surface area contributed by atoms with Crippen molar-refractivity contribution in [3.63, 3.8) is 0 Å². The third-order valence-corrected chi connectivity index (χ3v) is 4.96. The van der Waals surface area contributed by atoms with Gasteiger partial charge in [0.1, 0.15) is 0 Å². The lowest BCUT2D eigenvalue weighted by atomic mass is 9.79. The van der Waals surface area contributed by atoms with Gasteiger partial charge in [0.15, 0.2) is 5.12 Å². The quantitative estimate of drug-likeness (QED) is 0.726. The molecule has 4 unspecified atom stereocenters. The van der Waals surface area contributed by atoms with Crippen LogP contribution in [0.3, 0.4) is 0 Å². The number of nitrogens with zero attached hydrogens (tertiary/aromatic N) is 2. The van der Waals surface area contributed by atoms with Crippen molar-refractivity contribution in [1.29, 1.82) is 0 Å². The lowest BCUT2D eigenvalue weighted by Gasteiger charge is -2.36. The fourth-order valence-electron chi connectivity index (χ4n) is 3.54. The van der Waals surface area contributed by atoms with E-state index in [-0.39, 0.29) is 35.1 Å². The Morgan fingerprint density at radius 2 is 1.63 bits per heavy atom. The first-order valence-electron chi connectivity index (χ1n) is 6.93. The molecule has 3 rings (SSSR count). The number of likely N-dealkylation sites (N-methyl/N-ethyl adjacent to an activating group) is 1. The fourth-order valence-corrected chi connectivity index (χ4v) is 3.87. The van der Waals surface area contributed by atoms with Crippen LogP contribution in [0.25, 0.3) is 0 Å². The average Bonchev–Trinajstić information content (AvgIpc) is 2.98. The molecule has 106 valence electrons. The molecule has 3 aliphatic heterocycles. The number of fused-ring (bicyclic) bond motifs is 2. The van der Waals surface area contributed by atoms with Crippen LogP contribution in [0.5, 0.6) is 0 Å². The Labute approximate surface area is 118 Å². The maximum absolute atomic E-state index is 12.7. The number of rotatable bonds is 2. The first-order valence-corrected chi connectivity index (χ1v) is 7.38. The maximum Gasteiger partial charge on any atom is 0.229 e. The predicted molar refractivity (Wildman–Crippen MR) is 72.9 cm³/mol. The molecule has 0 saturated carbocycles. The van der Waals surface area contributed by atoms with Gasteiger partial charge in [-0.05, 0) is 19.9 Å². The highest BCUT2D eigenvalue weighted by atomic mass is 32.1. The fraction of sp³-hybridized carbons (Fsp3) is 0.846. The van der Waals surface area contributed by atoms with Crippen LogP contribution in [-0.4, -0.2) is 66.3 Å². The lowest BCUT2D eigenvalue weighted by molar-refractivity contribution is -0.141. The number of piperazine rings is 1.